The molecule has 0 aromatic rings. The van der Waals surface area contributed by atoms with Crippen molar-refractivity contribution >= 4 is 17.9 Å². The number of carbonyl (C=O) groups is 3. The molecule has 6 heteroatoms. The van der Waals surface area contributed by atoms with Gasteiger partial charge in [0.2, 0.25) is 0 Å². The molecule has 0 aliphatic rings. The summed E-state index contributed by atoms with van der Waals surface area (Å²) >= 11 is 0. The molecule has 0 N–H and O–H groups in total. The minimum atomic E-state index is -0.760. The van der Waals surface area contributed by atoms with Crippen molar-refractivity contribution in [3.63, 3.8) is 0 Å². The molecule has 0 aliphatic heterocycles. The number of esters is 3. The van der Waals surface area contributed by atoms with Gasteiger partial charge in [0.1, 0.15) is 13.2 Å². The second-order valence-corrected chi connectivity index (χ2v) is 14.6. The van der Waals surface area contributed by atoms with E-state index in [0.717, 1.165) is 64.2 Å². The van der Waals surface area contributed by atoms with Gasteiger partial charge in [-0.25, -0.2) is 0 Å². The van der Waals surface area contributed by atoms with E-state index < -0.39 is 6.10 Å². The van der Waals surface area contributed by atoms with Crippen LogP contribution in [0.2, 0.25) is 0 Å². The Hall–Kier alpha value is -1.85. The number of rotatable bonds is 39. The standard InChI is InChI=1S/C44H82O6/c1-4-7-10-13-15-17-18-19-20-21-22-23-24-25-27-28-31-34-37-43(46)49-40-41(39-48-42(45)36-33-30-12-9-6-3)50-44(47)38-35-32-29-26-16-14-11-8-5-2/h20-21,41H,4-19,22-40H2,1-3H3/b21-20-. The highest BCUT2D eigenvalue weighted by Gasteiger charge is 2.19. The van der Waals surface area contributed by atoms with E-state index in [4.69, 9.17) is 14.2 Å². The van der Waals surface area contributed by atoms with Crippen molar-refractivity contribution in [2.24, 2.45) is 0 Å². The third-order valence-electron chi connectivity index (χ3n) is 9.52. The summed E-state index contributed by atoms with van der Waals surface area (Å²) in [4.78, 5) is 37.3. The Balaban J connectivity index is 4.14. The van der Waals surface area contributed by atoms with Gasteiger partial charge in [-0.2, -0.15) is 0 Å². The Bertz CT molecular complexity index is 778. The normalized spacial score (nSPS) is 12.0. The monoisotopic (exact) mass is 707 g/mol. The predicted molar refractivity (Wildman–Crippen MR) is 210 cm³/mol. The lowest BCUT2D eigenvalue weighted by molar-refractivity contribution is -0.167. The number of hydrogen-bond acceptors (Lipinski definition) is 6. The van der Waals surface area contributed by atoms with Crippen LogP contribution in [0.15, 0.2) is 12.2 Å². The first-order valence-electron chi connectivity index (χ1n) is 21.7. The fourth-order valence-corrected chi connectivity index (χ4v) is 6.20. The molecule has 0 aromatic heterocycles. The van der Waals surface area contributed by atoms with Gasteiger partial charge in [0.15, 0.2) is 6.10 Å². The van der Waals surface area contributed by atoms with E-state index in [1.165, 1.54) is 128 Å². The number of ether oxygens (including phenoxy) is 3. The topological polar surface area (TPSA) is 78.9 Å². The Morgan fingerprint density at radius 1 is 0.380 bits per heavy atom. The molecule has 0 fully saturated rings. The highest BCUT2D eigenvalue weighted by molar-refractivity contribution is 5.71. The third-order valence-corrected chi connectivity index (χ3v) is 9.52. The van der Waals surface area contributed by atoms with Gasteiger partial charge in [0.25, 0.3) is 0 Å². The lowest BCUT2D eigenvalue weighted by Gasteiger charge is -2.18. The molecule has 294 valence electrons. The molecule has 0 saturated heterocycles. The summed E-state index contributed by atoms with van der Waals surface area (Å²) in [6.07, 6.45) is 40.9. The average Bonchev–Trinajstić information content (AvgIpc) is 3.11. The molecule has 0 amide bonds. The van der Waals surface area contributed by atoms with Gasteiger partial charge in [0, 0.05) is 19.3 Å². The Morgan fingerprint density at radius 3 is 1.00 bits per heavy atom. The number of carbonyl (C=O) groups excluding carboxylic acids is 3. The van der Waals surface area contributed by atoms with Crippen molar-refractivity contribution < 1.29 is 28.6 Å². The Kier molecular flexibility index (Phi) is 38.5. The van der Waals surface area contributed by atoms with Crippen LogP contribution in [0, 0.1) is 0 Å². The molecule has 0 spiro atoms. The molecule has 0 saturated carbocycles. The molecule has 0 aromatic carbocycles. The van der Waals surface area contributed by atoms with Crippen molar-refractivity contribution in [1.82, 2.24) is 0 Å². The summed E-state index contributed by atoms with van der Waals surface area (Å²) in [5.41, 5.74) is 0. The molecule has 0 aliphatic carbocycles. The quantitative estimate of drug-likeness (QED) is 0.0274. The van der Waals surface area contributed by atoms with Gasteiger partial charge >= 0.3 is 17.9 Å². The zero-order valence-electron chi connectivity index (χ0n) is 33.4. The van der Waals surface area contributed by atoms with E-state index in [2.05, 4.69) is 32.9 Å². The first-order valence-corrected chi connectivity index (χ1v) is 21.7. The van der Waals surface area contributed by atoms with Gasteiger partial charge in [-0.15, -0.1) is 0 Å². The van der Waals surface area contributed by atoms with Crippen LogP contribution in [0.5, 0.6) is 0 Å². The maximum absolute atomic E-state index is 12.6. The van der Waals surface area contributed by atoms with Crippen molar-refractivity contribution in [3.8, 4) is 0 Å². The molecule has 1 atom stereocenters. The summed E-state index contributed by atoms with van der Waals surface area (Å²) in [5.74, 6) is -0.886. The van der Waals surface area contributed by atoms with Crippen LogP contribution in [0.4, 0.5) is 0 Å². The summed E-state index contributed by atoms with van der Waals surface area (Å²) in [5, 5.41) is 0. The minimum absolute atomic E-state index is 0.0698. The average molecular weight is 707 g/mol. The molecule has 0 rings (SSSR count). The van der Waals surface area contributed by atoms with Crippen LogP contribution in [0.3, 0.4) is 0 Å². The van der Waals surface area contributed by atoms with Gasteiger partial charge < -0.3 is 14.2 Å². The van der Waals surface area contributed by atoms with Crippen molar-refractivity contribution in [2.75, 3.05) is 13.2 Å². The molecule has 6 nitrogen and oxygen atoms in total. The van der Waals surface area contributed by atoms with Crippen LogP contribution in [0.1, 0.15) is 233 Å². The second kappa shape index (κ2) is 39.9. The SMILES string of the molecule is CCCCCCCCC/C=C\CCCCCCCCCC(=O)OCC(COC(=O)CCCCCCC)OC(=O)CCCCCCCCCCC. The second-order valence-electron chi connectivity index (χ2n) is 14.6. The largest absolute Gasteiger partial charge is 0.462 e. The fraction of sp³-hybridized carbons (Fsp3) is 0.886. The van der Waals surface area contributed by atoms with Crippen LogP contribution in [-0.2, 0) is 28.6 Å². The van der Waals surface area contributed by atoms with Crippen LogP contribution >= 0.6 is 0 Å². The molecule has 50 heavy (non-hydrogen) atoms. The smallest absolute Gasteiger partial charge is 0.306 e. The first kappa shape index (κ1) is 48.1. The Labute approximate surface area is 310 Å². The van der Waals surface area contributed by atoms with Gasteiger partial charge in [-0.3, -0.25) is 14.4 Å². The lowest BCUT2D eigenvalue weighted by Crippen LogP contribution is -2.30. The lowest BCUT2D eigenvalue weighted by atomic mass is 10.1. The molecule has 0 radical (unpaired) electrons. The Morgan fingerprint density at radius 2 is 0.660 bits per heavy atom. The first-order chi connectivity index (χ1) is 24.5. The van der Waals surface area contributed by atoms with E-state index in [-0.39, 0.29) is 31.1 Å². The third kappa shape index (κ3) is 37.4. The summed E-state index contributed by atoms with van der Waals surface area (Å²) in [6.45, 7) is 6.53. The molecule has 0 bridgehead atoms. The predicted octanol–water partition coefficient (Wildman–Crippen LogP) is 13.5. The van der Waals surface area contributed by atoms with E-state index in [1.54, 1.807) is 0 Å². The van der Waals surface area contributed by atoms with Gasteiger partial charge in [-0.05, 0) is 44.9 Å². The molecule has 0 heterocycles. The van der Waals surface area contributed by atoms with Crippen molar-refractivity contribution in [2.45, 2.75) is 239 Å². The summed E-state index contributed by atoms with van der Waals surface area (Å²) in [6, 6.07) is 0. The highest BCUT2D eigenvalue weighted by Crippen LogP contribution is 2.14. The fourth-order valence-electron chi connectivity index (χ4n) is 6.20. The highest BCUT2D eigenvalue weighted by atomic mass is 16.6. The molecular weight excluding hydrogens is 624 g/mol. The van der Waals surface area contributed by atoms with Crippen LogP contribution in [-0.4, -0.2) is 37.2 Å². The zero-order valence-corrected chi connectivity index (χ0v) is 33.4. The number of hydrogen-bond donors (Lipinski definition) is 0. The molecule has 1 unspecified atom stereocenters. The van der Waals surface area contributed by atoms with E-state index >= 15 is 0 Å². The van der Waals surface area contributed by atoms with Crippen LogP contribution < -0.4 is 0 Å². The van der Waals surface area contributed by atoms with Gasteiger partial charge in [0.05, 0.1) is 0 Å². The summed E-state index contributed by atoms with van der Waals surface area (Å²) < 4.78 is 16.5. The maximum Gasteiger partial charge on any atom is 0.306 e. The van der Waals surface area contributed by atoms with E-state index in [1.807, 2.05) is 0 Å². The number of unbranched alkanes of at least 4 members (excludes halogenated alkanes) is 26. The minimum Gasteiger partial charge on any atom is -0.462 e. The van der Waals surface area contributed by atoms with Crippen LogP contribution in [0.25, 0.3) is 0 Å². The zero-order chi connectivity index (χ0) is 36.6. The maximum atomic E-state index is 12.6. The van der Waals surface area contributed by atoms with Crippen molar-refractivity contribution in [1.29, 1.82) is 0 Å². The van der Waals surface area contributed by atoms with E-state index in [9.17, 15) is 14.4 Å². The van der Waals surface area contributed by atoms with Crippen molar-refractivity contribution in [3.05, 3.63) is 12.2 Å². The number of allylic oxidation sites excluding steroid dienone is 2. The summed E-state index contributed by atoms with van der Waals surface area (Å²) in [7, 11) is 0. The molecular formula is C44H82O6. The van der Waals surface area contributed by atoms with E-state index in [0.29, 0.717) is 19.3 Å². The van der Waals surface area contributed by atoms with Gasteiger partial charge in [-0.1, -0.05) is 181 Å².